The Morgan fingerprint density at radius 3 is 2.40 bits per heavy atom. The van der Waals surface area contributed by atoms with Gasteiger partial charge in [-0.15, -0.1) is 9.56 Å². The standard InChI is InChI=1S/C33H46ClN6O6.HI/c1-33(2,3)46-31(42)38-18-12-26(13-19-38)16-23-44-32(45-25-41)39-20-14-28(15-21-39)40(30(36)37-24-35)17-6-4-5-7-22-43-29-10-8-27(34)9-11-29;/h8-11,14-15,20-21,25-26,32H,4-7,12-13,16-19,22-23H2,1-3H3,(H2,36,37);1H/q+1;/p-1. The molecule has 2 N–H and O–H groups in total. The molecule has 14 heteroatoms. The molecule has 1 unspecified atom stereocenters. The van der Waals surface area contributed by atoms with Gasteiger partial charge >= 0.3 is 12.5 Å². The van der Waals surface area contributed by atoms with E-state index in [2.05, 4.69) is 4.99 Å². The van der Waals surface area contributed by atoms with Crippen molar-refractivity contribution >= 4 is 35.8 Å². The molecule has 1 aromatic heterocycles. The second kappa shape index (κ2) is 20.8. The highest BCUT2D eigenvalue weighted by atomic mass is 127. The van der Waals surface area contributed by atoms with Crippen LogP contribution < -0.4 is 43.9 Å². The van der Waals surface area contributed by atoms with Crippen LogP contribution >= 0.6 is 11.6 Å². The van der Waals surface area contributed by atoms with Gasteiger partial charge in [-0.2, -0.15) is 5.26 Å². The fourth-order valence-electron chi connectivity index (χ4n) is 4.99. The number of rotatable bonds is 16. The molecule has 12 nitrogen and oxygen atoms in total. The Morgan fingerprint density at radius 1 is 1.13 bits per heavy atom. The van der Waals surface area contributed by atoms with E-state index in [0.717, 1.165) is 56.4 Å². The summed E-state index contributed by atoms with van der Waals surface area (Å²) in [4.78, 5) is 30.8. The number of hydrogen-bond acceptors (Lipinski definition) is 8. The number of piperidine rings is 1. The van der Waals surface area contributed by atoms with Crippen molar-refractivity contribution in [2.24, 2.45) is 16.6 Å². The molecule has 0 bridgehead atoms. The van der Waals surface area contributed by atoms with E-state index in [1.165, 1.54) is 0 Å². The van der Waals surface area contributed by atoms with E-state index in [1.807, 2.05) is 32.9 Å². The van der Waals surface area contributed by atoms with Gasteiger partial charge in [-0.25, -0.2) is 4.79 Å². The van der Waals surface area contributed by atoms with E-state index in [9.17, 15) is 9.59 Å². The first-order chi connectivity index (χ1) is 22.1. The van der Waals surface area contributed by atoms with Crippen LogP contribution in [0.25, 0.3) is 0 Å². The quantitative estimate of drug-likeness (QED) is 0.0397. The van der Waals surface area contributed by atoms with Gasteiger partial charge in [-0.1, -0.05) is 24.4 Å². The average Bonchev–Trinajstić information content (AvgIpc) is 3.02. The van der Waals surface area contributed by atoms with Crippen molar-refractivity contribution in [1.29, 1.82) is 5.26 Å². The number of guanidine groups is 1. The maximum atomic E-state index is 12.3. The maximum Gasteiger partial charge on any atom is 0.425 e. The summed E-state index contributed by atoms with van der Waals surface area (Å²) in [5, 5.41) is 9.76. The first-order valence-electron chi connectivity index (χ1n) is 15.7. The minimum absolute atomic E-state index is 0. The molecule has 1 aliphatic heterocycles. The van der Waals surface area contributed by atoms with E-state index in [-0.39, 0.29) is 36.0 Å². The van der Waals surface area contributed by atoms with E-state index in [0.29, 0.717) is 50.3 Å². The summed E-state index contributed by atoms with van der Waals surface area (Å²) in [6, 6.07) is 10.9. The number of nitriles is 1. The second-order valence-corrected chi connectivity index (χ2v) is 12.5. The third-order valence-electron chi connectivity index (χ3n) is 7.41. The minimum Gasteiger partial charge on any atom is -1.00 e. The number of benzene rings is 1. The Hall–Kier alpha value is -3.35. The number of unbranched alkanes of at least 4 members (excludes halogenated alkanes) is 3. The van der Waals surface area contributed by atoms with Gasteiger partial charge in [0.1, 0.15) is 11.4 Å². The minimum atomic E-state index is -0.943. The Labute approximate surface area is 299 Å². The molecule has 0 saturated carbocycles. The molecule has 2 aromatic rings. The molecule has 1 fully saturated rings. The maximum absolute atomic E-state index is 12.3. The molecule has 1 saturated heterocycles. The highest BCUT2D eigenvalue weighted by Crippen LogP contribution is 2.23. The summed E-state index contributed by atoms with van der Waals surface area (Å²) < 4.78 is 24.0. The monoisotopic (exact) mass is 784 g/mol. The Kier molecular flexibility index (Phi) is 17.6. The predicted molar refractivity (Wildman–Crippen MR) is 174 cm³/mol. The molecule has 1 amide bonds. The normalized spacial score (nSPS) is 14.4. The molecular weight excluding hydrogens is 739 g/mol. The zero-order valence-corrected chi connectivity index (χ0v) is 30.3. The first kappa shape index (κ1) is 39.8. The molecule has 1 aromatic carbocycles. The summed E-state index contributed by atoms with van der Waals surface area (Å²) >= 11 is 5.91. The zero-order valence-electron chi connectivity index (χ0n) is 27.4. The summed E-state index contributed by atoms with van der Waals surface area (Å²) in [7, 11) is 0. The molecule has 1 atom stereocenters. The Morgan fingerprint density at radius 2 is 1.79 bits per heavy atom. The molecule has 0 aliphatic carbocycles. The summed E-state index contributed by atoms with van der Waals surface area (Å²) in [5.41, 5.74) is 6.34. The number of amides is 1. The zero-order chi connectivity index (χ0) is 33.4. The van der Waals surface area contributed by atoms with E-state index in [4.69, 9.17) is 41.5 Å². The van der Waals surface area contributed by atoms with Crippen LogP contribution in [0.2, 0.25) is 5.02 Å². The topological polar surface area (TPSA) is 144 Å². The number of hydrogen-bond donors (Lipinski definition) is 1. The fourth-order valence-corrected chi connectivity index (χ4v) is 5.12. The van der Waals surface area contributed by atoms with Gasteiger partial charge in [0.15, 0.2) is 12.4 Å². The van der Waals surface area contributed by atoms with Gasteiger partial charge in [0.2, 0.25) is 12.2 Å². The largest absolute Gasteiger partial charge is 1.00 e. The SMILES string of the molecule is CC(C)(C)OC(=O)N1CCC(CCOC(OC=O)[n+]2ccc(N(CCCCCCOc3ccc(Cl)cc3)C(N)=NC#N)cc2)CC1.[I-]. The summed E-state index contributed by atoms with van der Waals surface area (Å²) in [6.07, 6.45) is 10.1. The second-order valence-electron chi connectivity index (χ2n) is 12.1. The lowest BCUT2D eigenvalue weighted by Crippen LogP contribution is -3.00. The predicted octanol–water partition coefficient (Wildman–Crippen LogP) is 2.56. The summed E-state index contributed by atoms with van der Waals surface area (Å²) in [6.45, 7) is 8.76. The number of pyridine rings is 1. The number of anilines is 1. The van der Waals surface area contributed by atoms with Crippen molar-refractivity contribution in [3.8, 4) is 11.9 Å². The molecular formula is C33H46ClIN6O6. The van der Waals surface area contributed by atoms with Crippen LogP contribution in [0, 0.1) is 17.4 Å². The molecule has 3 rings (SSSR count). The fraction of sp³-hybridized carbons (Fsp3) is 0.545. The number of halogens is 2. The van der Waals surface area contributed by atoms with Crippen LogP contribution in [0.15, 0.2) is 53.8 Å². The Balaban J connectivity index is 0.00000768. The van der Waals surface area contributed by atoms with Crippen LogP contribution in [0.5, 0.6) is 5.75 Å². The number of aliphatic imine (C=N–C) groups is 1. The number of aromatic nitrogens is 1. The van der Waals surface area contributed by atoms with Crippen molar-refractivity contribution in [3.63, 3.8) is 0 Å². The van der Waals surface area contributed by atoms with Crippen LogP contribution in [0.1, 0.15) is 72.1 Å². The number of carbonyl (C=O) groups is 2. The van der Waals surface area contributed by atoms with Gasteiger partial charge in [-0.3, -0.25) is 9.53 Å². The third-order valence-corrected chi connectivity index (χ3v) is 7.67. The number of carbonyl (C=O) groups excluding carboxylic acids is 2. The van der Waals surface area contributed by atoms with Gasteiger partial charge in [0.25, 0.3) is 6.47 Å². The van der Waals surface area contributed by atoms with Crippen molar-refractivity contribution in [2.75, 3.05) is 37.7 Å². The van der Waals surface area contributed by atoms with Crippen molar-refractivity contribution in [1.82, 2.24) is 4.90 Å². The molecule has 258 valence electrons. The highest BCUT2D eigenvalue weighted by molar-refractivity contribution is 6.30. The van der Waals surface area contributed by atoms with Gasteiger partial charge in [0, 0.05) is 36.8 Å². The van der Waals surface area contributed by atoms with Crippen LogP contribution in [0.3, 0.4) is 0 Å². The summed E-state index contributed by atoms with van der Waals surface area (Å²) in [5.74, 6) is 1.27. The number of likely N-dealkylation sites (tertiary alicyclic amines) is 1. The van der Waals surface area contributed by atoms with Crippen molar-refractivity contribution in [2.45, 2.75) is 77.7 Å². The average molecular weight is 785 g/mol. The van der Waals surface area contributed by atoms with Crippen LogP contribution in [-0.2, 0) is 19.0 Å². The molecule has 2 heterocycles. The van der Waals surface area contributed by atoms with Crippen molar-refractivity contribution < 1.29 is 57.1 Å². The lowest BCUT2D eigenvalue weighted by atomic mass is 9.94. The molecule has 0 spiro atoms. The number of nitrogens with zero attached hydrogens (tertiary/aromatic N) is 5. The molecule has 47 heavy (non-hydrogen) atoms. The molecule has 0 radical (unpaired) electrons. The van der Waals surface area contributed by atoms with E-state index in [1.54, 1.807) is 57.2 Å². The van der Waals surface area contributed by atoms with E-state index < -0.39 is 12.0 Å². The smallest absolute Gasteiger partial charge is 0.425 e. The van der Waals surface area contributed by atoms with Crippen LogP contribution in [-0.4, -0.2) is 61.9 Å². The number of ether oxygens (including phenoxy) is 4. The lowest BCUT2D eigenvalue weighted by molar-refractivity contribution is -0.799. The number of nitrogens with two attached hydrogens (primary N) is 1. The van der Waals surface area contributed by atoms with Gasteiger partial charge in [-0.05, 0) is 83.1 Å². The highest BCUT2D eigenvalue weighted by Gasteiger charge is 2.28. The lowest BCUT2D eigenvalue weighted by Gasteiger charge is -2.33. The van der Waals surface area contributed by atoms with E-state index >= 15 is 0 Å². The third kappa shape index (κ3) is 14.5. The Bertz CT molecular complexity index is 1290. The van der Waals surface area contributed by atoms with Gasteiger partial charge in [0.05, 0.1) is 18.9 Å². The first-order valence-corrected chi connectivity index (χ1v) is 16.0. The molecule has 1 aliphatic rings. The van der Waals surface area contributed by atoms with Gasteiger partial charge < -0.3 is 53.7 Å². The van der Waals surface area contributed by atoms with Crippen molar-refractivity contribution in [3.05, 3.63) is 53.8 Å². The van der Waals surface area contributed by atoms with Crippen LogP contribution in [0.4, 0.5) is 10.5 Å².